The maximum atomic E-state index is 11.0. The van der Waals surface area contributed by atoms with Gasteiger partial charge in [-0.25, -0.2) is 4.79 Å². The number of carboxylic acid groups (broad SMARTS) is 1. The van der Waals surface area contributed by atoms with Gasteiger partial charge < -0.3 is 10.4 Å². The maximum absolute atomic E-state index is 11.0. The molecule has 4 heteroatoms. The lowest BCUT2D eigenvalue weighted by atomic mass is 9.92. The highest BCUT2D eigenvalue weighted by Gasteiger charge is 2.12. The van der Waals surface area contributed by atoms with Crippen LogP contribution in [-0.4, -0.2) is 17.6 Å². The second-order valence-electron chi connectivity index (χ2n) is 5.23. The molecule has 0 radical (unpaired) electrons. The maximum Gasteiger partial charge on any atom is 0.337 e. The molecular formula is C13H18ClNO2. The number of carbonyl (C=O) groups is 1. The highest BCUT2D eigenvalue weighted by Crippen LogP contribution is 2.22. The monoisotopic (exact) mass is 255 g/mol. The number of hydrogen-bond acceptors (Lipinski definition) is 2. The molecule has 0 saturated carbocycles. The molecule has 0 atom stereocenters. The van der Waals surface area contributed by atoms with Crippen LogP contribution in [0.1, 0.15) is 37.6 Å². The molecule has 0 aromatic heterocycles. The Morgan fingerprint density at radius 1 is 1.41 bits per heavy atom. The largest absolute Gasteiger partial charge is 0.478 e. The number of aromatic carboxylic acids is 1. The second kappa shape index (κ2) is 5.41. The molecule has 17 heavy (non-hydrogen) atoms. The minimum absolute atomic E-state index is 0.214. The van der Waals surface area contributed by atoms with Crippen LogP contribution in [0.25, 0.3) is 0 Å². The molecule has 0 heterocycles. The molecule has 2 N–H and O–H groups in total. The van der Waals surface area contributed by atoms with Gasteiger partial charge >= 0.3 is 5.97 Å². The summed E-state index contributed by atoms with van der Waals surface area (Å²) in [5, 5.41) is 12.6. The van der Waals surface area contributed by atoms with Crippen LogP contribution >= 0.6 is 11.6 Å². The second-order valence-corrected chi connectivity index (χ2v) is 5.67. The van der Waals surface area contributed by atoms with Crippen molar-refractivity contribution < 1.29 is 9.90 Å². The van der Waals surface area contributed by atoms with Gasteiger partial charge in [0.1, 0.15) is 0 Å². The Morgan fingerprint density at radius 2 is 2.06 bits per heavy atom. The van der Waals surface area contributed by atoms with E-state index in [0.717, 1.165) is 13.0 Å². The number of halogens is 1. The molecular weight excluding hydrogens is 238 g/mol. The van der Waals surface area contributed by atoms with Crippen molar-refractivity contribution in [3.63, 3.8) is 0 Å². The Morgan fingerprint density at radius 3 is 2.59 bits per heavy atom. The van der Waals surface area contributed by atoms with Crippen molar-refractivity contribution in [2.75, 3.05) is 11.9 Å². The van der Waals surface area contributed by atoms with E-state index >= 15 is 0 Å². The average molecular weight is 256 g/mol. The Hall–Kier alpha value is -1.22. The summed E-state index contributed by atoms with van der Waals surface area (Å²) in [6, 6.07) is 4.85. The van der Waals surface area contributed by atoms with Gasteiger partial charge in [-0.05, 0) is 30.0 Å². The summed E-state index contributed by atoms with van der Waals surface area (Å²) >= 11 is 5.78. The lowest BCUT2D eigenvalue weighted by Crippen LogP contribution is -2.14. The predicted molar refractivity (Wildman–Crippen MR) is 71.0 cm³/mol. The molecule has 0 amide bonds. The molecule has 1 aromatic rings. The Kier molecular flexibility index (Phi) is 4.40. The summed E-state index contributed by atoms with van der Waals surface area (Å²) in [4.78, 5) is 11.0. The fraction of sp³-hybridized carbons (Fsp3) is 0.462. The first-order valence-corrected chi connectivity index (χ1v) is 5.94. The molecule has 0 spiro atoms. The number of nitrogens with one attached hydrogen (secondary N) is 1. The van der Waals surface area contributed by atoms with E-state index in [9.17, 15) is 4.79 Å². The molecule has 1 aromatic carbocycles. The summed E-state index contributed by atoms with van der Waals surface area (Å²) < 4.78 is 0. The smallest absolute Gasteiger partial charge is 0.337 e. The van der Waals surface area contributed by atoms with E-state index in [-0.39, 0.29) is 11.0 Å². The number of anilines is 1. The van der Waals surface area contributed by atoms with Gasteiger partial charge in [-0.15, -0.1) is 0 Å². The van der Waals surface area contributed by atoms with Gasteiger partial charge in [0.2, 0.25) is 0 Å². The topological polar surface area (TPSA) is 49.3 Å². The van der Waals surface area contributed by atoms with E-state index in [4.69, 9.17) is 16.7 Å². The molecule has 0 saturated heterocycles. The third kappa shape index (κ3) is 4.65. The van der Waals surface area contributed by atoms with Crippen molar-refractivity contribution >= 4 is 23.3 Å². The molecule has 0 unspecified atom stereocenters. The van der Waals surface area contributed by atoms with Gasteiger partial charge in [-0.2, -0.15) is 0 Å². The van der Waals surface area contributed by atoms with Crippen molar-refractivity contribution in [1.82, 2.24) is 0 Å². The number of benzene rings is 1. The van der Waals surface area contributed by atoms with Crippen LogP contribution in [-0.2, 0) is 0 Å². The summed E-state index contributed by atoms with van der Waals surface area (Å²) in [6.45, 7) is 7.18. The zero-order valence-electron chi connectivity index (χ0n) is 10.4. The van der Waals surface area contributed by atoms with Crippen LogP contribution in [0.15, 0.2) is 18.2 Å². The van der Waals surface area contributed by atoms with Gasteiger partial charge in [0.05, 0.1) is 5.56 Å². The standard InChI is InChI=1S/C13H18ClNO2/c1-13(2,3)6-7-15-11-5-4-9(14)8-10(11)12(16)17/h4-5,8,15H,6-7H2,1-3H3,(H,16,17). The average Bonchev–Trinajstić information content (AvgIpc) is 2.18. The zero-order valence-corrected chi connectivity index (χ0v) is 11.1. The zero-order chi connectivity index (χ0) is 13.1. The fourth-order valence-electron chi connectivity index (χ4n) is 1.42. The molecule has 0 fully saturated rings. The van der Waals surface area contributed by atoms with E-state index in [2.05, 4.69) is 26.1 Å². The van der Waals surface area contributed by atoms with Gasteiger partial charge in [0.25, 0.3) is 0 Å². The normalized spacial score (nSPS) is 11.3. The lowest BCUT2D eigenvalue weighted by Gasteiger charge is -2.19. The number of hydrogen-bond donors (Lipinski definition) is 2. The van der Waals surface area contributed by atoms with Crippen LogP contribution in [0.2, 0.25) is 5.02 Å². The van der Waals surface area contributed by atoms with Gasteiger partial charge in [-0.3, -0.25) is 0 Å². The van der Waals surface area contributed by atoms with Crippen LogP contribution < -0.4 is 5.32 Å². The number of carboxylic acids is 1. The highest BCUT2D eigenvalue weighted by molar-refractivity contribution is 6.31. The van der Waals surface area contributed by atoms with E-state index in [1.165, 1.54) is 6.07 Å². The highest BCUT2D eigenvalue weighted by atomic mass is 35.5. The molecule has 1 rings (SSSR count). The van der Waals surface area contributed by atoms with Crippen molar-refractivity contribution in [1.29, 1.82) is 0 Å². The first-order chi connectivity index (χ1) is 7.79. The van der Waals surface area contributed by atoms with Gasteiger partial charge in [0.15, 0.2) is 0 Å². The molecule has 3 nitrogen and oxygen atoms in total. The van der Waals surface area contributed by atoms with Crippen LogP contribution in [0, 0.1) is 5.41 Å². The minimum atomic E-state index is -0.967. The van der Waals surface area contributed by atoms with E-state index in [0.29, 0.717) is 10.7 Å². The van der Waals surface area contributed by atoms with Crippen LogP contribution in [0.3, 0.4) is 0 Å². The van der Waals surface area contributed by atoms with Crippen molar-refractivity contribution in [2.24, 2.45) is 5.41 Å². The van der Waals surface area contributed by atoms with Crippen molar-refractivity contribution in [2.45, 2.75) is 27.2 Å². The first kappa shape index (κ1) is 13.8. The van der Waals surface area contributed by atoms with E-state index in [1.54, 1.807) is 12.1 Å². The SMILES string of the molecule is CC(C)(C)CCNc1ccc(Cl)cc1C(=O)O. The van der Waals surface area contributed by atoms with Gasteiger partial charge in [-0.1, -0.05) is 32.4 Å². The van der Waals surface area contributed by atoms with E-state index < -0.39 is 5.97 Å². The van der Waals surface area contributed by atoms with Crippen molar-refractivity contribution in [3.8, 4) is 0 Å². The molecule has 0 aliphatic carbocycles. The summed E-state index contributed by atoms with van der Waals surface area (Å²) in [5.41, 5.74) is 1.06. The molecule has 94 valence electrons. The van der Waals surface area contributed by atoms with Crippen molar-refractivity contribution in [3.05, 3.63) is 28.8 Å². The van der Waals surface area contributed by atoms with Crippen LogP contribution in [0.5, 0.6) is 0 Å². The summed E-state index contributed by atoms with van der Waals surface area (Å²) in [5.74, 6) is -0.967. The minimum Gasteiger partial charge on any atom is -0.478 e. The van der Waals surface area contributed by atoms with E-state index in [1.807, 2.05) is 0 Å². The Bertz CT molecular complexity index is 410. The molecule has 0 aliphatic heterocycles. The van der Waals surface area contributed by atoms with Gasteiger partial charge in [0, 0.05) is 17.3 Å². The van der Waals surface area contributed by atoms with Crippen LogP contribution in [0.4, 0.5) is 5.69 Å². The fourth-order valence-corrected chi connectivity index (χ4v) is 1.59. The predicted octanol–water partition coefficient (Wildman–Crippen LogP) is 3.89. The lowest BCUT2D eigenvalue weighted by molar-refractivity contribution is 0.0698. The third-order valence-electron chi connectivity index (χ3n) is 2.40. The third-order valence-corrected chi connectivity index (χ3v) is 2.64. The Balaban J connectivity index is 2.74. The first-order valence-electron chi connectivity index (χ1n) is 5.56. The summed E-state index contributed by atoms with van der Waals surface area (Å²) in [7, 11) is 0. The molecule has 0 bridgehead atoms. The quantitative estimate of drug-likeness (QED) is 0.858. The Labute approximate surface area is 107 Å². The molecule has 0 aliphatic rings. The number of rotatable bonds is 4. The summed E-state index contributed by atoms with van der Waals surface area (Å²) in [6.07, 6.45) is 0.967.